The van der Waals surface area contributed by atoms with Gasteiger partial charge in [0.15, 0.2) is 0 Å². The van der Waals surface area contributed by atoms with E-state index >= 15 is 0 Å². The molecule has 0 bridgehead atoms. The largest absolute Gasteiger partial charge is 0.377 e. The summed E-state index contributed by atoms with van der Waals surface area (Å²) in [6.45, 7) is 0.510. The predicted octanol–water partition coefficient (Wildman–Crippen LogP) is 0.945. The third-order valence-corrected chi connectivity index (χ3v) is 2.95. The molecule has 17 heavy (non-hydrogen) atoms. The standard InChI is InChI=1S/C10H10BrN5O/c1-16-10(17)9(11)8(5-15-16)13-4-7-2-3-12-6-14-7/h2-3,5-6,13H,4H2,1H3. The molecule has 0 aliphatic carbocycles. The lowest BCUT2D eigenvalue weighted by molar-refractivity contribution is 0.703. The lowest BCUT2D eigenvalue weighted by atomic mass is 10.4. The van der Waals surface area contributed by atoms with Crippen LogP contribution in [0, 0.1) is 0 Å². The summed E-state index contributed by atoms with van der Waals surface area (Å²) in [5, 5.41) is 7.01. The Bertz CT molecular complexity index is 569. The number of halogens is 1. The van der Waals surface area contributed by atoms with Crippen molar-refractivity contribution in [2.75, 3.05) is 5.32 Å². The number of rotatable bonds is 3. The quantitative estimate of drug-likeness (QED) is 0.912. The monoisotopic (exact) mass is 295 g/mol. The Balaban J connectivity index is 2.15. The number of aromatic nitrogens is 4. The smallest absolute Gasteiger partial charge is 0.282 e. The Morgan fingerprint density at radius 1 is 1.53 bits per heavy atom. The van der Waals surface area contributed by atoms with Crippen LogP contribution < -0.4 is 10.9 Å². The number of nitrogens with zero attached hydrogens (tertiary/aromatic N) is 4. The molecule has 0 saturated carbocycles. The Labute approximate surface area is 106 Å². The van der Waals surface area contributed by atoms with E-state index in [0.29, 0.717) is 16.7 Å². The van der Waals surface area contributed by atoms with Crippen LogP contribution in [0.5, 0.6) is 0 Å². The SMILES string of the molecule is Cn1ncc(NCc2ccncn2)c(Br)c1=O. The average molecular weight is 296 g/mol. The van der Waals surface area contributed by atoms with Crippen LogP contribution in [0.3, 0.4) is 0 Å². The normalized spacial score (nSPS) is 10.2. The summed E-state index contributed by atoms with van der Waals surface area (Å²) in [5.74, 6) is 0. The molecule has 0 unspecified atom stereocenters. The fourth-order valence-electron chi connectivity index (χ4n) is 1.24. The van der Waals surface area contributed by atoms with Gasteiger partial charge < -0.3 is 5.32 Å². The van der Waals surface area contributed by atoms with Crippen molar-refractivity contribution in [3.63, 3.8) is 0 Å². The molecule has 2 aromatic rings. The first-order valence-electron chi connectivity index (χ1n) is 4.89. The highest BCUT2D eigenvalue weighted by Crippen LogP contribution is 2.16. The number of nitrogens with one attached hydrogen (secondary N) is 1. The first-order valence-corrected chi connectivity index (χ1v) is 5.68. The minimum absolute atomic E-state index is 0.183. The predicted molar refractivity (Wildman–Crippen MR) is 66.5 cm³/mol. The lowest BCUT2D eigenvalue weighted by Crippen LogP contribution is -2.21. The van der Waals surface area contributed by atoms with Crippen LogP contribution in [0.1, 0.15) is 5.69 Å². The molecule has 7 heteroatoms. The Hall–Kier alpha value is -1.76. The Morgan fingerprint density at radius 2 is 2.35 bits per heavy atom. The highest BCUT2D eigenvalue weighted by atomic mass is 79.9. The Morgan fingerprint density at radius 3 is 3.06 bits per heavy atom. The van der Waals surface area contributed by atoms with Crippen molar-refractivity contribution >= 4 is 21.6 Å². The van der Waals surface area contributed by atoms with Crippen LogP contribution in [-0.2, 0) is 13.6 Å². The maximum absolute atomic E-state index is 11.6. The van der Waals surface area contributed by atoms with E-state index in [1.54, 1.807) is 25.5 Å². The molecule has 0 fully saturated rings. The average Bonchev–Trinajstić information content (AvgIpc) is 2.36. The van der Waals surface area contributed by atoms with Crippen LogP contribution >= 0.6 is 15.9 Å². The van der Waals surface area contributed by atoms with Crippen molar-refractivity contribution in [2.45, 2.75) is 6.54 Å². The molecule has 88 valence electrons. The zero-order valence-electron chi connectivity index (χ0n) is 9.09. The summed E-state index contributed by atoms with van der Waals surface area (Å²) < 4.78 is 1.73. The molecule has 2 rings (SSSR count). The minimum Gasteiger partial charge on any atom is -0.377 e. The van der Waals surface area contributed by atoms with Crippen LogP contribution in [0.25, 0.3) is 0 Å². The maximum atomic E-state index is 11.6. The third-order valence-electron chi connectivity index (χ3n) is 2.18. The van der Waals surface area contributed by atoms with E-state index in [0.717, 1.165) is 5.69 Å². The van der Waals surface area contributed by atoms with E-state index < -0.39 is 0 Å². The van der Waals surface area contributed by atoms with Crippen LogP contribution in [0.2, 0.25) is 0 Å². The summed E-state index contributed by atoms with van der Waals surface area (Å²) in [6, 6.07) is 1.80. The van der Waals surface area contributed by atoms with E-state index in [2.05, 4.69) is 36.3 Å². The van der Waals surface area contributed by atoms with Gasteiger partial charge in [-0.15, -0.1) is 0 Å². The van der Waals surface area contributed by atoms with Gasteiger partial charge in [-0.1, -0.05) is 0 Å². The van der Waals surface area contributed by atoms with Gasteiger partial charge in [0, 0.05) is 13.2 Å². The van der Waals surface area contributed by atoms with Crippen molar-refractivity contribution in [2.24, 2.45) is 7.05 Å². The fourth-order valence-corrected chi connectivity index (χ4v) is 1.74. The van der Waals surface area contributed by atoms with Crippen molar-refractivity contribution < 1.29 is 0 Å². The second-order valence-electron chi connectivity index (χ2n) is 3.36. The zero-order valence-corrected chi connectivity index (χ0v) is 10.7. The molecule has 0 spiro atoms. The first kappa shape index (κ1) is 11.7. The maximum Gasteiger partial charge on any atom is 0.282 e. The highest BCUT2D eigenvalue weighted by molar-refractivity contribution is 9.10. The summed E-state index contributed by atoms with van der Waals surface area (Å²) in [7, 11) is 1.60. The van der Waals surface area contributed by atoms with Crippen LogP contribution in [-0.4, -0.2) is 19.7 Å². The molecule has 6 nitrogen and oxygen atoms in total. The molecule has 0 amide bonds. The molecule has 2 aromatic heterocycles. The van der Waals surface area contributed by atoms with Gasteiger partial charge in [-0.05, 0) is 22.0 Å². The topological polar surface area (TPSA) is 72.7 Å². The molecule has 0 aliphatic heterocycles. The summed E-state index contributed by atoms with van der Waals surface area (Å²) in [5.41, 5.74) is 1.30. The second-order valence-corrected chi connectivity index (χ2v) is 4.15. The van der Waals surface area contributed by atoms with Gasteiger partial charge in [0.1, 0.15) is 10.8 Å². The zero-order chi connectivity index (χ0) is 12.3. The summed E-state index contributed by atoms with van der Waals surface area (Å²) in [4.78, 5) is 19.5. The molecule has 0 radical (unpaired) electrons. The molecule has 0 aromatic carbocycles. The van der Waals surface area contributed by atoms with Gasteiger partial charge >= 0.3 is 0 Å². The van der Waals surface area contributed by atoms with Gasteiger partial charge in [0.25, 0.3) is 5.56 Å². The summed E-state index contributed by atoms with van der Waals surface area (Å²) in [6.07, 6.45) is 4.74. The van der Waals surface area contributed by atoms with Crippen molar-refractivity contribution in [3.8, 4) is 0 Å². The van der Waals surface area contributed by atoms with Crippen LogP contribution in [0.4, 0.5) is 5.69 Å². The van der Waals surface area contributed by atoms with E-state index in [9.17, 15) is 4.79 Å². The Kier molecular flexibility index (Phi) is 3.48. The number of hydrogen-bond acceptors (Lipinski definition) is 5. The van der Waals surface area contributed by atoms with Crippen molar-refractivity contribution in [1.82, 2.24) is 19.7 Å². The van der Waals surface area contributed by atoms with Gasteiger partial charge in [-0.3, -0.25) is 4.79 Å². The van der Waals surface area contributed by atoms with Crippen molar-refractivity contribution in [3.05, 3.63) is 45.3 Å². The molecule has 2 heterocycles. The third kappa shape index (κ3) is 2.68. The summed E-state index contributed by atoms with van der Waals surface area (Å²) >= 11 is 3.24. The fraction of sp³-hybridized carbons (Fsp3) is 0.200. The minimum atomic E-state index is -0.183. The molecule has 1 N–H and O–H groups in total. The molecule has 0 aliphatic rings. The van der Waals surface area contributed by atoms with Gasteiger partial charge in [0.05, 0.1) is 24.1 Å². The second kappa shape index (κ2) is 5.05. The molecule has 0 atom stereocenters. The van der Waals surface area contributed by atoms with E-state index in [4.69, 9.17) is 0 Å². The number of anilines is 1. The molecular weight excluding hydrogens is 286 g/mol. The number of aryl methyl sites for hydroxylation is 1. The molecular formula is C10H10BrN5O. The van der Waals surface area contributed by atoms with Gasteiger partial charge in [0.2, 0.25) is 0 Å². The van der Waals surface area contributed by atoms with E-state index in [-0.39, 0.29) is 5.56 Å². The first-order chi connectivity index (χ1) is 8.18. The number of hydrogen-bond donors (Lipinski definition) is 1. The van der Waals surface area contributed by atoms with Gasteiger partial charge in [-0.2, -0.15) is 5.10 Å². The van der Waals surface area contributed by atoms with E-state index in [1.165, 1.54) is 11.0 Å². The van der Waals surface area contributed by atoms with Crippen molar-refractivity contribution in [1.29, 1.82) is 0 Å². The van der Waals surface area contributed by atoms with E-state index in [1.807, 2.05) is 0 Å². The molecule has 0 saturated heterocycles. The lowest BCUT2D eigenvalue weighted by Gasteiger charge is -2.07. The highest BCUT2D eigenvalue weighted by Gasteiger charge is 2.06. The van der Waals surface area contributed by atoms with Crippen LogP contribution in [0.15, 0.2) is 34.1 Å². The van der Waals surface area contributed by atoms with Gasteiger partial charge in [-0.25, -0.2) is 14.6 Å².